The van der Waals surface area contributed by atoms with E-state index < -0.39 is 10.8 Å². The third-order valence-corrected chi connectivity index (χ3v) is 7.80. The Hall–Kier alpha value is -3.12. The van der Waals surface area contributed by atoms with Crippen LogP contribution in [-0.4, -0.2) is 52.9 Å². The van der Waals surface area contributed by atoms with E-state index in [-0.39, 0.29) is 12.2 Å². The molecule has 5 heteroatoms. The lowest BCUT2D eigenvalue weighted by Gasteiger charge is -2.40. The Bertz CT molecular complexity index is 1090. The van der Waals surface area contributed by atoms with E-state index in [1.165, 1.54) is 0 Å². The van der Waals surface area contributed by atoms with E-state index in [2.05, 4.69) is 60.7 Å². The lowest BCUT2D eigenvalue weighted by atomic mass is 9.70. The number of rotatable bonds is 14. The van der Waals surface area contributed by atoms with Crippen LogP contribution in [0.2, 0.25) is 0 Å². The Morgan fingerprint density at radius 2 is 1.05 bits per heavy atom. The van der Waals surface area contributed by atoms with Crippen molar-refractivity contribution in [3.63, 3.8) is 0 Å². The highest BCUT2D eigenvalue weighted by Crippen LogP contribution is 2.44. The van der Waals surface area contributed by atoms with E-state index in [0.717, 1.165) is 35.5 Å². The molecule has 2 aliphatic rings. The van der Waals surface area contributed by atoms with Gasteiger partial charge in [0.1, 0.15) is 11.5 Å². The zero-order valence-electron chi connectivity index (χ0n) is 23.7. The van der Waals surface area contributed by atoms with Crippen molar-refractivity contribution >= 4 is 0 Å². The first-order valence-corrected chi connectivity index (χ1v) is 13.9. The van der Waals surface area contributed by atoms with E-state index in [1.807, 2.05) is 50.3 Å². The summed E-state index contributed by atoms with van der Waals surface area (Å²) in [6.07, 6.45) is 18.2. The van der Waals surface area contributed by atoms with Gasteiger partial charge in [0.25, 0.3) is 0 Å². The van der Waals surface area contributed by atoms with Gasteiger partial charge in [-0.3, -0.25) is 0 Å². The molecule has 2 aromatic rings. The highest BCUT2D eigenvalue weighted by Gasteiger charge is 2.42. The van der Waals surface area contributed by atoms with E-state index in [1.54, 1.807) is 14.2 Å². The molecule has 0 bridgehead atoms. The summed E-state index contributed by atoms with van der Waals surface area (Å²) >= 11 is 0. The number of hydrogen-bond acceptors (Lipinski definition) is 5. The second-order valence-electron chi connectivity index (χ2n) is 9.85. The van der Waals surface area contributed by atoms with Crippen LogP contribution in [0, 0.1) is 0 Å². The van der Waals surface area contributed by atoms with Gasteiger partial charge in [0, 0.05) is 49.4 Å². The molecule has 4 atom stereocenters. The van der Waals surface area contributed by atoms with Gasteiger partial charge < -0.3 is 23.7 Å². The minimum atomic E-state index is -0.392. The molecule has 208 valence electrons. The maximum absolute atomic E-state index is 6.41. The minimum absolute atomic E-state index is 0.124. The van der Waals surface area contributed by atoms with Crippen LogP contribution >= 0.6 is 0 Å². The molecule has 0 N–H and O–H groups in total. The molecule has 4 unspecified atom stereocenters. The molecule has 2 aromatic carbocycles. The summed E-state index contributed by atoms with van der Waals surface area (Å²) < 4.78 is 30.5. The normalized spacial score (nSPS) is 25.6. The molecule has 0 aliphatic heterocycles. The van der Waals surface area contributed by atoms with Gasteiger partial charge in [0.15, 0.2) is 0 Å². The summed E-state index contributed by atoms with van der Waals surface area (Å²) in [6.45, 7) is 6.37. The van der Waals surface area contributed by atoms with Gasteiger partial charge >= 0.3 is 0 Å². The molecule has 0 spiro atoms. The Balaban J connectivity index is 1.54. The predicted molar refractivity (Wildman–Crippen MR) is 157 cm³/mol. The molecule has 0 aromatic heterocycles. The van der Waals surface area contributed by atoms with E-state index in [9.17, 15) is 0 Å². The van der Waals surface area contributed by atoms with Gasteiger partial charge in [-0.2, -0.15) is 0 Å². The van der Waals surface area contributed by atoms with E-state index in [0.29, 0.717) is 26.4 Å². The van der Waals surface area contributed by atoms with Crippen LogP contribution in [0.25, 0.3) is 0 Å². The largest absolute Gasteiger partial charge is 0.494 e. The fraction of sp³-hybridized carbons (Fsp3) is 0.412. The van der Waals surface area contributed by atoms with Crippen molar-refractivity contribution in [1.82, 2.24) is 0 Å². The topological polar surface area (TPSA) is 46.2 Å². The van der Waals surface area contributed by atoms with E-state index in [4.69, 9.17) is 23.7 Å². The highest BCUT2D eigenvalue weighted by molar-refractivity contribution is 5.48. The van der Waals surface area contributed by atoms with Gasteiger partial charge in [-0.25, -0.2) is 0 Å². The Morgan fingerprint density at radius 1 is 0.615 bits per heavy atom. The second-order valence-corrected chi connectivity index (χ2v) is 9.85. The quantitative estimate of drug-likeness (QED) is 0.253. The summed E-state index contributed by atoms with van der Waals surface area (Å²) in [6, 6.07) is 16.5. The summed E-state index contributed by atoms with van der Waals surface area (Å²) in [5, 5.41) is 0. The average molecular weight is 531 g/mol. The smallest absolute Gasteiger partial charge is 0.123 e. The van der Waals surface area contributed by atoms with Crippen molar-refractivity contribution in [2.45, 2.75) is 49.7 Å². The van der Waals surface area contributed by atoms with Crippen molar-refractivity contribution in [1.29, 1.82) is 0 Å². The SMILES string of the molecule is CCOc1ccccc1C1(CCOCCC2(c3ccccc3OCC)C=CC=CC2OC)C=CC=CC1OC. The fourth-order valence-electron chi connectivity index (χ4n) is 5.95. The molecule has 2 aliphatic carbocycles. The molecule has 0 fully saturated rings. The van der Waals surface area contributed by atoms with Crippen LogP contribution in [-0.2, 0) is 25.0 Å². The van der Waals surface area contributed by atoms with E-state index >= 15 is 0 Å². The summed E-state index contributed by atoms with van der Waals surface area (Å²) in [7, 11) is 3.53. The number of hydrogen-bond donors (Lipinski definition) is 0. The van der Waals surface area contributed by atoms with Crippen LogP contribution in [0.1, 0.15) is 37.8 Å². The molecule has 0 radical (unpaired) electrons. The second kappa shape index (κ2) is 13.8. The zero-order chi connectivity index (χ0) is 27.6. The van der Waals surface area contributed by atoms with Crippen molar-refractivity contribution in [3.8, 4) is 11.5 Å². The van der Waals surface area contributed by atoms with Gasteiger partial charge in [0.2, 0.25) is 0 Å². The first-order chi connectivity index (χ1) is 19.1. The first kappa shape index (κ1) is 28.9. The highest BCUT2D eigenvalue weighted by atomic mass is 16.5. The van der Waals surface area contributed by atoms with Crippen LogP contribution < -0.4 is 9.47 Å². The lowest BCUT2D eigenvalue weighted by molar-refractivity contribution is 0.0368. The summed E-state index contributed by atoms with van der Waals surface area (Å²) in [5.41, 5.74) is 1.45. The Kier molecular flexibility index (Phi) is 10.2. The minimum Gasteiger partial charge on any atom is -0.494 e. The van der Waals surface area contributed by atoms with Crippen molar-refractivity contribution in [2.24, 2.45) is 0 Å². The first-order valence-electron chi connectivity index (χ1n) is 13.9. The molecule has 39 heavy (non-hydrogen) atoms. The van der Waals surface area contributed by atoms with Crippen LogP contribution in [0.3, 0.4) is 0 Å². The summed E-state index contributed by atoms with van der Waals surface area (Å²) in [5.74, 6) is 1.77. The molecular formula is C34H42O5. The molecule has 4 rings (SSSR count). The van der Waals surface area contributed by atoms with Gasteiger partial charge in [0.05, 0.1) is 25.4 Å². The van der Waals surface area contributed by atoms with Crippen molar-refractivity contribution < 1.29 is 23.7 Å². The standard InChI is InChI=1S/C34H42O5/c1-5-38-29-17-9-7-15-27(29)33(21-13-11-19-31(33)35-3)23-25-37-26-24-34(22-14-12-20-32(34)36-4)28-16-8-10-18-30(28)39-6-2/h7-22,31-32H,5-6,23-26H2,1-4H3. The number of allylic oxidation sites excluding steroid dienone is 4. The Morgan fingerprint density at radius 3 is 1.46 bits per heavy atom. The number of methoxy groups -OCH3 is 2. The van der Waals surface area contributed by atoms with Gasteiger partial charge in [-0.1, -0.05) is 85.0 Å². The molecule has 0 saturated carbocycles. The molecule has 0 heterocycles. The lowest BCUT2D eigenvalue weighted by Crippen LogP contribution is -2.41. The Labute approximate surface area is 233 Å². The van der Waals surface area contributed by atoms with Crippen LogP contribution in [0.5, 0.6) is 11.5 Å². The molecule has 0 saturated heterocycles. The number of para-hydroxylation sites is 2. The average Bonchev–Trinajstić information content (AvgIpc) is 2.98. The number of ether oxygens (including phenoxy) is 5. The van der Waals surface area contributed by atoms with Crippen LogP contribution in [0.15, 0.2) is 97.1 Å². The number of benzene rings is 2. The monoisotopic (exact) mass is 530 g/mol. The molecule has 5 nitrogen and oxygen atoms in total. The van der Waals surface area contributed by atoms with Crippen LogP contribution in [0.4, 0.5) is 0 Å². The van der Waals surface area contributed by atoms with Gasteiger partial charge in [-0.05, 0) is 38.8 Å². The fourth-order valence-corrected chi connectivity index (χ4v) is 5.95. The van der Waals surface area contributed by atoms with Gasteiger partial charge in [-0.15, -0.1) is 0 Å². The third-order valence-electron chi connectivity index (χ3n) is 7.80. The van der Waals surface area contributed by atoms with Crippen molar-refractivity contribution in [3.05, 3.63) is 108 Å². The third kappa shape index (κ3) is 6.06. The maximum atomic E-state index is 6.41. The molecule has 0 amide bonds. The van der Waals surface area contributed by atoms with Crippen molar-refractivity contribution in [2.75, 3.05) is 40.6 Å². The predicted octanol–water partition coefficient (Wildman–Crippen LogP) is 6.74. The summed E-state index contributed by atoms with van der Waals surface area (Å²) in [4.78, 5) is 0. The molecular weight excluding hydrogens is 488 g/mol. The maximum Gasteiger partial charge on any atom is 0.123 e. The zero-order valence-corrected chi connectivity index (χ0v) is 23.7.